The Balaban J connectivity index is 3.90. The monoisotopic (exact) mass is 280 g/mol. The Labute approximate surface area is 125 Å². The first-order valence-corrected chi connectivity index (χ1v) is 8.03. The minimum absolute atomic E-state index is 0.108. The van der Waals surface area contributed by atoms with Gasteiger partial charge >= 0.3 is 0 Å². The van der Waals surface area contributed by atoms with E-state index in [4.69, 9.17) is 9.47 Å². The van der Waals surface area contributed by atoms with Crippen LogP contribution in [0.3, 0.4) is 0 Å². The summed E-state index contributed by atoms with van der Waals surface area (Å²) in [6.07, 6.45) is 18.9. The molecule has 0 spiro atoms. The molecule has 2 heteroatoms. The number of ether oxygens (including phenoxy) is 2. The summed E-state index contributed by atoms with van der Waals surface area (Å²) in [6, 6.07) is 0. The number of rotatable bonds is 13. The zero-order valence-electron chi connectivity index (χ0n) is 13.5. The molecule has 0 aromatic carbocycles. The summed E-state index contributed by atoms with van der Waals surface area (Å²) in [5, 5.41) is 0. The van der Waals surface area contributed by atoms with E-state index in [0.717, 1.165) is 51.7 Å². The van der Waals surface area contributed by atoms with E-state index >= 15 is 0 Å². The fourth-order valence-electron chi connectivity index (χ4n) is 1.66. The van der Waals surface area contributed by atoms with Gasteiger partial charge in [0.05, 0.1) is 13.2 Å². The van der Waals surface area contributed by atoms with Crippen LogP contribution in [-0.2, 0) is 9.47 Å². The van der Waals surface area contributed by atoms with E-state index in [2.05, 4.69) is 57.2 Å². The van der Waals surface area contributed by atoms with Crippen LogP contribution >= 0.6 is 0 Å². The zero-order valence-corrected chi connectivity index (χ0v) is 13.5. The second-order valence-corrected chi connectivity index (χ2v) is 4.62. The minimum atomic E-state index is -0.108. The van der Waals surface area contributed by atoms with Gasteiger partial charge in [0.2, 0.25) is 0 Å². The van der Waals surface area contributed by atoms with Gasteiger partial charge in [-0.05, 0) is 32.1 Å². The lowest BCUT2D eigenvalue weighted by atomic mass is 10.3. The summed E-state index contributed by atoms with van der Waals surface area (Å²) in [4.78, 5) is 0. The van der Waals surface area contributed by atoms with Crippen LogP contribution in [0.15, 0.2) is 36.5 Å². The van der Waals surface area contributed by atoms with Crippen molar-refractivity contribution in [1.82, 2.24) is 0 Å². The van der Waals surface area contributed by atoms with Gasteiger partial charge in [0.15, 0.2) is 6.29 Å². The Morgan fingerprint density at radius 2 is 1.10 bits per heavy atom. The first kappa shape index (κ1) is 19.1. The van der Waals surface area contributed by atoms with Gasteiger partial charge in [-0.15, -0.1) is 0 Å². The summed E-state index contributed by atoms with van der Waals surface area (Å²) < 4.78 is 11.6. The van der Waals surface area contributed by atoms with Gasteiger partial charge in [-0.1, -0.05) is 57.2 Å². The van der Waals surface area contributed by atoms with Crippen LogP contribution in [-0.4, -0.2) is 19.5 Å². The van der Waals surface area contributed by atoms with Gasteiger partial charge in [-0.25, -0.2) is 0 Å². The second kappa shape index (κ2) is 16.2. The lowest BCUT2D eigenvalue weighted by Crippen LogP contribution is -2.17. The van der Waals surface area contributed by atoms with E-state index in [1.165, 1.54) is 0 Å². The zero-order chi connectivity index (χ0) is 14.9. The maximum atomic E-state index is 5.79. The lowest BCUT2D eigenvalue weighted by Gasteiger charge is -2.16. The van der Waals surface area contributed by atoms with Crippen molar-refractivity contribution in [2.24, 2.45) is 0 Å². The van der Waals surface area contributed by atoms with E-state index in [9.17, 15) is 0 Å². The molecule has 0 N–H and O–H groups in total. The van der Waals surface area contributed by atoms with Crippen molar-refractivity contribution >= 4 is 0 Å². The van der Waals surface area contributed by atoms with Crippen LogP contribution in [0.25, 0.3) is 0 Å². The molecule has 0 bridgehead atoms. The molecule has 0 aromatic rings. The Morgan fingerprint density at radius 3 is 1.55 bits per heavy atom. The first-order chi connectivity index (χ1) is 9.85. The minimum Gasteiger partial charge on any atom is -0.352 e. The van der Waals surface area contributed by atoms with Crippen LogP contribution in [0.4, 0.5) is 0 Å². The van der Waals surface area contributed by atoms with Crippen LogP contribution in [0.5, 0.6) is 0 Å². The molecular formula is C18H32O2. The molecule has 0 saturated carbocycles. The molecule has 20 heavy (non-hydrogen) atoms. The molecule has 0 fully saturated rings. The van der Waals surface area contributed by atoms with Crippen molar-refractivity contribution in [3.63, 3.8) is 0 Å². The molecule has 0 aromatic heterocycles. The molecule has 0 saturated heterocycles. The normalized spacial score (nSPS) is 12.6. The molecule has 0 unspecified atom stereocenters. The Morgan fingerprint density at radius 1 is 0.650 bits per heavy atom. The number of hydrogen-bond acceptors (Lipinski definition) is 2. The average molecular weight is 280 g/mol. The van der Waals surface area contributed by atoms with Crippen molar-refractivity contribution in [3.05, 3.63) is 36.5 Å². The molecule has 0 heterocycles. The molecule has 0 aliphatic rings. The molecule has 0 amide bonds. The molecule has 2 nitrogen and oxygen atoms in total. The summed E-state index contributed by atoms with van der Waals surface area (Å²) in [5.41, 5.74) is 0. The van der Waals surface area contributed by atoms with Gasteiger partial charge in [0, 0.05) is 6.42 Å². The number of allylic oxidation sites excluding steroid dienone is 3. The lowest BCUT2D eigenvalue weighted by molar-refractivity contribution is -0.137. The van der Waals surface area contributed by atoms with Gasteiger partial charge in [0.25, 0.3) is 0 Å². The largest absolute Gasteiger partial charge is 0.352 e. The van der Waals surface area contributed by atoms with Crippen molar-refractivity contribution < 1.29 is 9.47 Å². The third-order valence-corrected chi connectivity index (χ3v) is 2.71. The quantitative estimate of drug-likeness (QED) is 0.255. The standard InChI is InChI=1S/C18H32O2/c1-4-7-10-13-16-19-18(15-12-9-6-3)20-17-14-11-8-5-2/h7-12,18H,4-6,13-17H2,1-3H3/b10-7-,11-8-,12-9-. The highest BCUT2D eigenvalue weighted by molar-refractivity contribution is 4.83. The van der Waals surface area contributed by atoms with E-state index < -0.39 is 0 Å². The maximum absolute atomic E-state index is 5.79. The fraction of sp³-hybridized carbons (Fsp3) is 0.667. The van der Waals surface area contributed by atoms with Crippen LogP contribution < -0.4 is 0 Å². The summed E-state index contributed by atoms with van der Waals surface area (Å²) in [6.45, 7) is 7.88. The molecule has 0 atom stereocenters. The predicted octanol–water partition coefficient (Wildman–Crippen LogP) is 5.41. The van der Waals surface area contributed by atoms with Gasteiger partial charge in [-0.3, -0.25) is 0 Å². The smallest absolute Gasteiger partial charge is 0.161 e. The Hall–Kier alpha value is -0.860. The van der Waals surface area contributed by atoms with Gasteiger partial charge < -0.3 is 9.47 Å². The van der Waals surface area contributed by atoms with Crippen LogP contribution in [0.1, 0.15) is 59.3 Å². The van der Waals surface area contributed by atoms with Crippen molar-refractivity contribution in [1.29, 1.82) is 0 Å². The highest BCUT2D eigenvalue weighted by Gasteiger charge is 2.06. The summed E-state index contributed by atoms with van der Waals surface area (Å²) in [5.74, 6) is 0. The molecule has 0 aliphatic heterocycles. The average Bonchev–Trinajstić information content (AvgIpc) is 2.46. The van der Waals surface area contributed by atoms with Gasteiger partial charge in [-0.2, -0.15) is 0 Å². The number of hydrogen-bond donors (Lipinski definition) is 0. The second-order valence-electron chi connectivity index (χ2n) is 4.62. The molecular weight excluding hydrogens is 248 g/mol. The molecule has 0 rings (SSSR count). The summed E-state index contributed by atoms with van der Waals surface area (Å²) >= 11 is 0. The predicted molar refractivity (Wildman–Crippen MR) is 87.8 cm³/mol. The van der Waals surface area contributed by atoms with Gasteiger partial charge in [0.1, 0.15) is 0 Å². The highest BCUT2D eigenvalue weighted by atomic mass is 16.7. The molecule has 116 valence electrons. The highest BCUT2D eigenvalue weighted by Crippen LogP contribution is 2.05. The Kier molecular flexibility index (Phi) is 15.5. The van der Waals surface area contributed by atoms with E-state index in [0.29, 0.717) is 0 Å². The van der Waals surface area contributed by atoms with Crippen molar-refractivity contribution in [2.45, 2.75) is 65.6 Å². The third-order valence-electron chi connectivity index (χ3n) is 2.71. The van der Waals surface area contributed by atoms with E-state index in [-0.39, 0.29) is 6.29 Å². The van der Waals surface area contributed by atoms with Crippen LogP contribution in [0.2, 0.25) is 0 Å². The van der Waals surface area contributed by atoms with Crippen molar-refractivity contribution in [2.75, 3.05) is 13.2 Å². The Bertz CT molecular complexity index is 247. The third kappa shape index (κ3) is 13.6. The SMILES string of the molecule is CC/C=C\CCOC(C/C=C\CC)OCC/C=C\CC. The molecule has 0 aliphatic carbocycles. The topological polar surface area (TPSA) is 18.5 Å². The summed E-state index contributed by atoms with van der Waals surface area (Å²) in [7, 11) is 0. The van der Waals surface area contributed by atoms with Crippen molar-refractivity contribution in [3.8, 4) is 0 Å². The maximum Gasteiger partial charge on any atom is 0.161 e. The molecule has 0 radical (unpaired) electrons. The van der Waals surface area contributed by atoms with E-state index in [1.54, 1.807) is 0 Å². The first-order valence-electron chi connectivity index (χ1n) is 8.03. The fourth-order valence-corrected chi connectivity index (χ4v) is 1.66. The van der Waals surface area contributed by atoms with Crippen LogP contribution in [0, 0.1) is 0 Å². The van der Waals surface area contributed by atoms with E-state index in [1.807, 2.05) is 0 Å².